The lowest BCUT2D eigenvalue weighted by atomic mass is 9.93. The van der Waals surface area contributed by atoms with Crippen molar-refractivity contribution in [2.45, 2.75) is 39.7 Å². The normalized spacial score (nSPS) is 18.1. The van der Waals surface area contributed by atoms with Gasteiger partial charge in [0.1, 0.15) is 5.76 Å². The van der Waals surface area contributed by atoms with E-state index in [1.807, 2.05) is 38.1 Å². The van der Waals surface area contributed by atoms with Crippen LogP contribution in [0.3, 0.4) is 0 Å². The highest BCUT2D eigenvalue weighted by Crippen LogP contribution is 2.44. The van der Waals surface area contributed by atoms with Crippen LogP contribution in [0.15, 0.2) is 54.1 Å². The summed E-state index contributed by atoms with van der Waals surface area (Å²) in [6.07, 6.45) is 0. The summed E-state index contributed by atoms with van der Waals surface area (Å²) in [6.45, 7) is 7.99. The third-order valence-electron chi connectivity index (χ3n) is 5.70. The number of amides is 1. The van der Waals surface area contributed by atoms with Crippen LogP contribution in [0.25, 0.3) is 5.76 Å². The molecule has 3 aromatic rings. The Bertz CT molecular complexity index is 1210. The number of benzene rings is 2. The summed E-state index contributed by atoms with van der Waals surface area (Å²) in [5.41, 5.74) is 3.14. The number of halogens is 1. The maximum absolute atomic E-state index is 13.2. The smallest absolute Gasteiger partial charge is 0.301 e. The topological polar surface area (TPSA) is 70.5 Å². The Morgan fingerprint density at radius 3 is 2.22 bits per heavy atom. The zero-order chi connectivity index (χ0) is 23.2. The molecule has 7 heteroatoms. The molecule has 1 N–H and O–H groups in total. The molecule has 1 atom stereocenters. The summed E-state index contributed by atoms with van der Waals surface area (Å²) in [7, 11) is 0. The average Bonchev–Trinajstić information content (AvgIpc) is 3.23. The molecule has 0 radical (unpaired) electrons. The third-order valence-corrected chi connectivity index (χ3v) is 7.03. The molecule has 1 saturated heterocycles. The molecule has 5 nitrogen and oxygen atoms in total. The molecule has 2 heterocycles. The van der Waals surface area contributed by atoms with Gasteiger partial charge in [0.2, 0.25) is 0 Å². The molecule has 0 unspecified atom stereocenters. The average molecular weight is 467 g/mol. The third kappa shape index (κ3) is 3.85. The number of anilines is 1. The molecule has 0 spiro atoms. The number of ketones is 1. The van der Waals surface area contributed by atoms with Crippen LogP contribution in [0.1, 0.15) is 53.1 Å². The van der Waals surface area contributed by atoms with E-state index in [-0.39, 0.29) is 11.3 Å². The first-order valence-electron chi connectivity index (χ1n) is 10.3. The van der Waals surface area contributed by atoms with Gasteiger partial charge in [-0.2, -0.15) is 0 Å². The lowest BCUT2D eigenvalue weighted by Gasteiger charge is -2.23. The number of Topliss-reactive ketones (excluding diaryl/α,β-unsaturated/α-hetero) is 1. The lowest BCUT2D eigenvalue weighted by Crippen LogP contribution is -2.29. The van der Waals surface area contributed by atoms with Gasteiger partial charge in [-0.05, 0) is 55.2 Å². The van der Waals surface area contributed by atoms with Crippen LogP contribution in [-0.4, -0.2) is 21.8 Å². The van der Waals surface area contributed by atoms with Gasteiger partial charge in [0, 0.05) is 15.5 Å². The summed E-state index contributed by atoms with van der Waals surface area (Å²) < 4.78 is 0. The van der Waals surface area contributed by atoms with Crippen molar-refractivity contribution in [3.8, 4) is 0 Å². The van der Waals surface area contributed by atoms with Gasteiger partial charge in [0.25, 0.3) is 5.78 Å². The zero-order valence-electron chi connectivity index (χ0n) is 18.2. The SMILES string of the molecule is Cc1nc(N2C(=O)C(=O)/C(=C(/O)c3ccc(Cl)cc3)[C@H]2c2ccc(C(C)C)cc2)sc1C. The Labute approximate surface area is 196 Å². The number of carbonyl (C=O) groups is 2. The zero-order valence-corrected chi connectivity index (χ0v) is 19.8. The van der Waals surface area contributed by atoms with E-state index in [4.69, 9.17) is 11.6 Å². The Morgan fingerprint density at radius 1 is 1.06 bits per heavy atom. The minimum atomic E-state index is -0.781. The molecular formula is C25H23ClN2O3S. The minimum absolute atomic E-state index is 0.0418. The molecule has 0 saturated carbocycles. The number of rotatable bonds is 4. The van der Waals surface area contributed by atoms with Gasteiger partial charge in [-0.15, -0.1) is 11.3 Å². The first-order valence-corrected chi connectivity index (χ1v) is 11.5. The summed E-state index contributed by atoms with van der Waals surface area (Å²) in [5.74, 6) is -1.33. The number of thiazole rings is 1. The first-order chi connectivity index (χ1) is 15.2. The standard InChI is InChI=1S/C25H23ClN2O3S/c1-13(2)16-5-7-17(8-6-16)21-20(22(29)18-9-11-19(26)12-10-18)23(30)24(31)28(21)25-27-14(3)15(4)32-25/h5-13,21,29H,1-4H3/b22-20+/t21-/m1/s1. The summed E-state index contributed by atoms with van der Waals surface area (Å²) in [6, 6.07) is 13.5. The van der Waals surface area contributed by atoms with E-state index in [9.17, 15) is 14.7 Å². The van der Waals surface area contributed by atoms with Crippen LogP contribution in [0.5, 0.6) is 0 Å². The van der Waals surface area contributed by atoms with Crippen molar-refractivity contribution in [3.63, 3.8) is 0 Å². The van der Waals surface area contributed by atoms with E-state index in [0.29, 0.717) is 21.6 Å². The summed E-state index contributed by atoms with van der Waals surface area (Å²) in [5, 5.41) is 12.1. The molecular weight excluding hydrogens is 444 g/mol. The van der Waals surface area contributed by atoms with Crippen molar-refractivity contribution in [3.05, 3.63) is 86.4 Å². The molecule has 1 fully saturated rings. The van der Waals surface area contributed by atoms with Crippen molar-refractivity contribution >= 4 is 45.5 Å². The maximum Gasteiger partial charge on any atom is 0.301 e. The lowest BCUT2D eigenvalue weighted by molar-refractivity contribution is -0.132. The highest BCUT2D eigenvalue weighted by molar-refractivity contribution is 7.16. The van der Waals surface area contributed by atoms with Gasteiger partial charge >= 0.3 is 5.91 Å². The molecule has 164 valence electrons. The fraction of sp³-hybridized carbons (Fsp3) is 0.240. The van der Waals surface area contributed by atoms with Crippen LogP contribution in [0.2, 0.25) is 5.02 Å². The Hall–Kier alpha value is -2.96. The van der Waals surface area contributed by atoms with Crippen LogP contribution in [-0.2, 0) is 9.59 Å². The van der Waals surface area contributed by atoms with Gasteiger partial charge < -0.3 is 5.11 Å². The van der Waals surface area contributed by atoms with Crippen LogP contribution >= 0.6 is 22.9 Å². The van der Waals surface area contributed by atoms with Crippen molar-refractivity contribution in [1.82, 2.24) is 4.98 Å². The molecule has 1 aliphatic rings. The number of aliphatic hydroxyl groups is 1. The largest absolute Gasteiger partial charge is 0.507 e. The van der Waals surface area contributed by atoms with Gasteiger partial charge in [0.05, 0.1) is 17.3 Å². The van der Waals surface area contributed by atoms with E-state index in [2.05, 4.69) is 18.8 Å². The molecule has 0 aliphatic carbocycles. The predicted molar refractivity (Wildman–Crippen MR) is 128 cm³/mol. The predicted octanol–water partition coefficient (Wildman–Crippen LogP) is 6.16. The molecule has 4 rings (SSSR count). The van der Waals surface area contributed by atoms with E-state index < -0.39 is 17.7 Å². The van der Waals surface area contributed by atoms with E-state index >= 15 is 0 Å². The molecule has 1 aromatic heterocycles. The maximum atomic E-state index is 13.2. The van der Waals surface area contributed by atoms with Crippen molar-refractivity contribution in [1.29, 1.82) is 0 Å². The van der Waals surface area contributed by atoms with E-state index in [1.54, 1.807) is 24.3 Å². The van der Waals surface area contributed by atoms with Crippen LogP contribution < -0.4 is 4.90 Å². The second-order valence-corrected chi connectivity index (χ2v) is 9.75. The van der Waals surface area contributed by atoms with Gasteiger partial charge in [-0.1, -0.05) is 49.7 Å². The van der Waals surface area contributed by atoms with Gasteiger partial charge in [-0.3, -0.25) is 14.5 Å². The number of nitrogens with zero attached hydrogens (tertiary/aromatic N) is 2. The van der Waals surface area contributed by atoms with Crippen LogP contribution in [0.4, 0.5) is 5.13 Å². The molecule has 1 amide bonds. The molecule has 1 aliphatic heterocycles. The monoisotopic (exact) mass is 466 g/mol. The quantitative estimate of drug-likeness (QED) is 0.284. The summed E-state index contributed by atoms with van der Waals surface area (Å²) >= 11 is 7.33. The van der Waals surface area contributed by atoms with E-state index in [0.717, 1.165) is 21.7 Å². The highest BCUT2D eigenvalue weighted by Gasteiger charge is 2.48. The van der Waals surface area contributed by atoms with E-state index in [1.165, 1.54) is 16.2 Å². The summed E-state index contributed by atoms with van der Waals surface area (Å²) in [4.78, 5) is 33.2. The van der Waals surface area contributed by atoms with Crippen LogP contribution in [0, 0.1) is 13.8 Å². The second-order valence-electron chi connectivity index (χ2n) is 8.14. The Kier molecular flexibility index (Phi) is 5.93. The fourth-order valence-electron chi connectivity index (χ4n) is 3.73. The van der Waals surface area contributed by atoms with Crippen molar-refractivity contribution in [2.75, 3.05) is 4.90 Å². The number of aromatic nitrogens is 1. The van der Waals surface area contributed by atoms with Gasteiger partial charge in [-0.25, -0.2) is 4.98 Å². The van der Waals surface area contributed by atoms with Crippen molar-refractivity contribution < 1.29 is 14.7 Å². The number of hydrogen-bond acceptors (Lipinski definition) is 5. The molecule has 2 aromatic carbocycles. The molecule has 32 heavy (non-hydrogen) atoms. The minimum Gasteiger partial charge on any atom is -0.507 e. The fourth-order valence-corrected chi connectivity index (χ4v) is 4.79. The Morgan fingerprint density at radius 2 is 1.69 bits per heavy atom. The second kappa shape index (κ2) is 8.52. The number of carbonyl (C=O) groups excluding carboxylic acids is 2. The van der Waals surface area contributed by atoms with Crippen molar-refractivity contribution in [2.24, 2.45) is 0 Å². The number of aryl methyl sites for hydroxylation is 2. The number of hydrogen-bond donors (Lipinski definition) is 1. The Balaban J connectivity index is 1.92. The molecule has 0 bridgehead atoms. The first kappa shape index (κ1) is 22.2. The van der Waals surface area contributed by atoms with Gasteiger partial charge in [0.15, 0.2) is 5.13 Å². The number of aliphatic hydroxyl groups excluding tert-OH is 1. The highest BCUT2D eigenvalue weighted by atomic mass is 35.5.